The topological polar surface area (TPSA) is 53.1 Å². The molecule has 0 spiro atoms. The summed E-state index contributed by atoms with van der Waals surface area (Å²) in [6, 6.07) is 2.69. The lowest BCUT2D eigenvalue weighted by molar-refractivity contribution is 0.440. The van der Waals surface area contributed by atoms with Gasteiger partial charge in [0, 0.05) is 30.7 Å². The van der Waals surface area contributed by atoms with Crippen LogP contribution in [0.3, 0.4) is 0 Å². The van der Waals surface area contributed by atoms with Gasteiger partial charge in [0.2, 0.25) is 0 Å². The minimum atomic E-state index is 0.0186. The van der Waals surface area contributed by atoms with Crippen molar-refractivity contribution in [2.45, 2.75) is 45.2 Å². The molecule has 1 aromatic heterocycles. The van der Waals surface area contributed by atoms with Gasteiger partial charge in [-0.1, -0.05) is 0 Å². The van der Waals surface area contributed by atoms with Crippen molar-refractivity contribution >= 4 is 11.6 Å². The third-order valence-corrected chi connectivity index (χ3v) is 3.38. The fourth-order valence-electron chi connectivity index (χ4n) is 2.37. The molecule has 2 N–H and O–H groups in total. The molecule has 0 aromatic carbocycles. The first-order chi connectivity index (χ1) is 8.98. The van der Waals surface area contributed by atoms with Gasteiger partial charge in [0.25, 0.3) is 0 Å². The molecule has 1 saturated heterocycles. The number of rotatable bonds is 3. The number of nitrogens with zero attached hydrogens (tertiary/aromatic N) is 3. The van der Waals surface area contributed by atoms with Crippen LogP contribution < -0.4 is 15.5 Å². The van der Waals surface area contributed by atoms with E-state index in [1.54, 1.807) is 6.33 Å². The molecule has 2 heterocycles. The molecule has 0 saturated carbocycles. The molecule has 19 heavy (non-hydrogen) atoms. The van der Waals surface area contributed by atoms with Crippen molar-refractivity contribution in [3.8, 4) is 0 Å². The Balaban J connectivity index is 2.03. The first kappa shape index (κ1) is 14.1. The van der Waals surface area contributed by atoms with Crippen LogP contribution in [0.2, 0.25) is 0 Å². The van der Waals surface area contributed by atoms with Gasteiger partial charge in [-0.25, -0.2) is 9.97 Å². The van der Waals surface area contributed by atoms with E-state index in [-0.39, 0.29) is 5.54 Å². The van der Waals surface area contributed by atoms with E-state index < -0.39 is 0 Å². The maximum atomic E-state index is 4.40. The third-order valence-electron chi connectivity index (χ3n) is 3.38. The van der Waals surface area contributed by atoms with Gasteiger partial charge < -0.3 is 15.5 Å². The predicted octanol–water partition coefficient (Wildman–Crippen LogP) is 1.88. The van der Waals surface area contributed by atoms with Crippen molar-refractivity contribution in [1.29, 1.82) is 0 Å². The van der Waals surface area contributed by atoms with Gasteiger partial charge in [-0.05, 0) is 40.7 Å². The molecular weight excluding hydrogens is 238 g/mol. The summed E-state index contributed by atoms with van der Waals surface area (Å²) in [6.07, 6.45) is 3.98. The lowest BCUT2D eigenvalue weighted by atomic mass is 10.1. The minimum absolute atomic E-state index is 0.0186. The summed E-state index contributed by atoms with van der Waals surface area (Å²) in [5.74, 6) is 1.92. The maximum absolute atomic E-state index is 4.40. The number of aromatic nitrogens is 2. The molecule has 1 aromatic rings. The normalized spacial score (nSPS) is 17.6. The van der Waals surface area contributed by atoms with E-state index in [4.69, 9.17) is 0 Å². The summed E-state index contributed by atoms with van der Waals surface area (Å²) in [5, 5.41) is 6.74. The molecule has 1 aliphatic heterocycles. The largest absolute Gasteiger partial charge is 0.365 e. The molecule has 106 valence electrons. The van der Waals surface area contributed by atoms with Crippen LogP contribution in [-0.2, 0) is 0 Å². The smallest absolute Gasteiger partial charge is 0.134 e. The molecule has 0 atom stereocenters. The molecule has 5 nitrogen and oxygen atoms in total. The van der Waals surface area contributed by atoms with Gasteiger partial charge in [0.05, 0.1) is 0 Å². The molecule has 2 rings (SSSR count). The predicted molar refractivity (Wildman–Crippen MR) is 79.7 cm³/mol. The van der Waals surface area contributed by atoms with Gasteiger partial charge in [0.1, 0.15) is 18.0 Å². The molecule has 1 fully saturated rings. The fourth-order valence-corrected chi connectivity index (χ4v) is 2.37. The van der Waals surface area contributed by atoms with Crippen LogP contribution in [0.5, 0.6) is 0 Å². The van der Waals surface area contributed by atoms with E-state index in [1.165, 1.54) is 12.8 Å². The van der Waals surface area contributed by atoms with Crippen LogP contribution in [0.15, 0.2) is 12.4 Å². The van der Waals surface area contributed by atoms with E-state index in [2.05, 4.69) is 46.3 Å². The summed E-state index contributed by atoms with van der Waals surface area (Å²) in [7, 11) is 2.04. The van der Waals surface area contributed by atoms with Crippen molar-refractivity contribution in [2.75, 3.05) is 30.4 Å². The Hall–Kier alpha value is -1.36. The van der Waals surface area contributed by atoms with Gasteiger partial charge in [-0.15, -0.1) is 0 Å². The third kappa shape index (κ3) is 4.06. The van der Waals surface area contributed by atoms with Crippen LogP contribution in [-0.4, -0.2) is 41.7 Å². The van der Waals surface area contributed by atoms with Gasteiger partial charge in [-0.3, -0.25) is 0 Å². The number of hydrogen-bond donors (Lipinski definition) is 2. The summed E-state index contributed by atoms with van der Waals surface area (Å²) < 4.78 is 0. The Kier molecular flexibility index (Phi) is 4.24. The Bertz CT molecular complexity index is 405. The highest BCUT2D eigenvalue weighted by atomic mass is 15.2. The zero-order valence-electron chi connectivity index (χ0n) is 12.4. The zero-order chi connectivity index (χ0) is 13.9. The monoisotopic (exact) mass is 263 g/mol. The van der Waals surface area contributed by atoms with Crippen LogP contribution in [0, 0.1) is 0 Å². The first-order valence-electron chi connectivity index (χ1n) is 7.00. The molecule has 0 bridgehead atoms. The van der Waals surface area contributed by atoms with E-state index in [1.807, 2.05) is 13.1 Å². The number of piperidine rings is 1. The van der Waals surface area contributed by atoms with Gasteiger partial charge >= 0.3 is 0 Å². The molecule has 5 heteroatoms. The van der Waals surface area contributed by atoms with Crippen molar-refractivity contribution in [3.05, 3.63) is 12.4 Å². The SMILES string of the molecule is CNC1CCN(c2cc(NC(C)(C)C)ncn2)CC1. The van der Waals surface area contributed by atoms with Gasteiger partial charge in [-0.2, -0.15) is 0 Å². The van der Waals surface area contributed by atoms with Crippen molar-refractivity contribution in [3.63, 3.8) is 0 Å². The van der Waals surface area contributed by atoms with Crippen LogP contribution in [0.1, 0.15) is 33.6 Å². The molecule has 0 unspecified atom stereocenters. The van der Waals surface area contributed by atoms with Crippen molar-refractivity contribution in [2.24, 2.45) is 0 Å². The van der Waals surface area contributed by atoms with Crippen molar-refractivity contribution in [1.82, 2.24) is 15.3 Å². The lowest BCUT2D eigenvalue weighted by Gasteiger charge is -2.32. The number of anilines is 2. The van der Waals surface area contributed by atoms with E-state index in [9.17, 15) is 0 Å². The molecule has 0 amide bonds. The highest BCUT2D eigenvalue weighted by Crippen LogP contribution is 2.20. The second kappa shape index (κ2) is 5.74. The van der Waals surface area contributed by atoms with E-state index in [0.29, 0.717) is 6.04 Å². The Morgan fingerprint density at radius 2 is 1.89 bits per heavy atom. The van der Waals surface area contributed by atoms with Crippen molar-refractivity contribution < 1.29 is 0 Å². The van der Waals surface area contributed by atoms with Gasteiger partial charge in [0.15, 0.2) is 0 Å². The van der Waals surface area contributed by atoms with Crippen LogP contribution in [0.25, 0.3) is 0 Å². The second-order valence-corrected chi connectivity index (χ2v) is 6.19. The Morgan fingerprint density at radius 1 is 1.21 bits per heavy atom. The van der Waals surface area contributed by atoms with E-state index in [0.717, 1.165) is 24.7 Å². The van der Waals surface area contributed by atoms with E-state index >= 15 is 0 Å². The molecule has 0 radical (unpaired) electrons. The molecule has 0 aliphatic carbocycles. The summed E-state index contributed by atoms with van der Waals surface area (Å²) in [6.45, 7) is 8.50. The highest BCUT2D eigenvalue weighted by molar-refractivity contribution is 5.49. The number of nitrogens with one attached hydrogen (secondary N) is 2. The lowest BCUT2D eigenvalue weighted by Crippen LogP contribution is -2.41. The second-order valence-electron chi connectivity index (χ2n) is 6.19. The van der Waals surface area contributed by atoms with Crippen LogP contribution >= 0.6 is 0 Å². The highest BCUT2D eigenvalue weighted by Gasteiger charge is 2.19. The maximum Gasteiger partial charge on any atom is 0.134 e. The summed E-state index contributed by atoms with van der Waals surface area (Å²) in [4.78, 5) is 11.0. The van der Waals surface area contributed by atoms with Crippen LogP contribution in [0.4, 0.5) is 11.6 Å². The zero-order valence-corrected chi connectivity index (χ0v) is 12.4. The fraction of sp³-hybridized carbons (Fsp3) is 0.714. The summed E-state index contributed by atoms with van der Waals surface area (Å²) in [5.41, 5.74) is 0.0186. The molecule has 1 aliphatic rings. The number of hydrogen-bond acceptors (Lipinski definition) is 5. The minimum Gasteiger partial charge on any atom is -0.365 e. The summed E-state index contributed by atoms with van der Waals surface area (Å²) >= 11 is 0. The average molecular weight is 263 g/mol. The Labute approximate surface area is 115 Å². The Morgan fingerprint density at radius 3 is 2.47 bits per heavy atom. The standard InChI is InChI=1S/C14H25N5/c1-14(2,3)18-12-9-13(17-10-16-12)19-7-5-11(15-4)6-8-19/h9-11,15H,5-8H2,1-4H3,(H,16,17,18). The average Bonchev–Trinajstić information content (AvgIpc) is 2.37. The quantitative estimate of drug-likeness (QED) is 0.872. The molecular formula is C14H25N5. The first-order valence-corrected chi connectivity index (χ1v) is 7.00.